The van der Waals surface area contributed by atoms with Gasteiger partial charge in [-0.15, -0.1) is 0 Å². The molecule has 0 unspecified atom stereocenters. The summed E-state index contributed by atoms with van der Waals surface area (Å²) >= 11 is 6.04. The van der Waals surface area contributed by atoms with Crippen LogP contribution in [0.15, 0.2) is 78.9 Å². The highest BCUT2D eigenvalue weighted by Gasteiger charge is 2.25. The number of benzene rings is 2. The van der Waals surface area contributed by atoms with E-state index in [2.05, 4.69) is 9.88 Å². The Morgan fingerprint density at radius 2 is 1.55 bits per heavy atom. The first kappa shape index (κ1) is 19.5. The summed E-state index contributed by atoms with van der Waals surface area (Å²) in [5.41, 5.74) is 3.33. The first-order valence-corrected chi connectivity index (χ1v) is 10.7. The summed E-state index contributed by atoms with van der Waals surface area (Å²) in [7, 11) is 0. The average Bonchev–Trinajstić information content (AvgIpc) is 2.83. The number of carbonyl (C=O) groups is 1. The topological polar surface area (TPSA) is 49.3 Å². The van der Waals surface area contributed by atoms with Gasteiger partial charge in [0.2, 0.25) is 0 Å². The summed E-state index contributed by atoms with van der Waals surface area (Å²) in [6.45, 7) is 2.69. The van der Waals surface area contributed by atoms with Crippen molar-refractivity contribution in [2.24, 2.45) is 0 Å². The molecule has 5 rings (SSSR count). The van der Waals surface area contributed by atoms with Crippen LogP contribution in [0.25, 0.3) is 22.2 Å². The van der Waals surface area contributed by atoms with E-state index >= 15 is 0 Å². The monoisotopic (exact) mass is 428 g/mol. The molecule has 1 saturated heterocycles. The van der Waals surface area contributed by atoms with E-state index in [1.807, 2.05) is 77.7 Å². The number of rotatable bonds is 3. The number of amides is 1. The first-order valence-electron chi connectivity index (χ1n) is 10.3. The average molecular weight is 429 g/mol. The van der Waals surface area contributed by atoms with Crippen molar-refractivity contribution in [2.75, 3.05) is 31.1 Å². The number of hydrogen-bond donors (Lipinski definition) is 0. The van der Waals surface area contributed by atoms with Crippen molar-refractivity contribution in [3.63, 3.8) is 0 Å². The van der Waals surface area contributed by atoms with Crippen LogP contribution in [0.3, 0.4) is 0 Å². The second kappa shape index (κ2) is 8.36. The van der Waals surface area contributed by atoms with Gasteiger partial charge in [-0.2, -0.15) is 0 Å². The molecule has 0 spiro atoms. The quantitative estimate of drug-likeness (QED) is 0.435. The summed E-state index contributed by atoms with van der Waals surface area (Å²) in [6, 6.07) is 25.3. The van der Waals surface area contributed by atoms with Gasteiger partial charge in [-0.05, 0) is 24.3 Å². The van der Waals surface area contributed by atoms with Crippen LogP contribution >= 0.6 is 11.6 Å². The molecule has 3 heterocycles. The molecule has 0 atom stereocenters. The van der Waals surface area contributed by atoms with E-state index in [1.54, 1.807) is 6.07 Å². The smallest absolute Gasteiger partial charge is 0.254 e. The van der Waals surface area contributed by atoms with Crippen LogP contribution in [-0.4, -0.2) is 47.0 Å². The number of para-hydroxylation sites is 1. The van der Waals surface area contributed by atoms with Crippen LogP contribution in [0.4, 0.5) is 5.82 Å². The van der Waals surface area contributed by atoms with Gasteiger partial charge in [-0.1, -0.05) is 66.2 Å². The Kier molecular flexibility index (Phi) is 5.26. The van der Waals surface area contributed by atoms with Crippen molar-refractivity contribution in [3.05, 3.63) is 89.6 Å². The lowest BCUT2D eigenvalue weighted by molar-refractivity contribution is 0.0748. The zero-order valence-corrected chi connectivity index (χ0v) is 17.7. The Morgan fingerprint density at radius 3 is 2.32 bits per heavy atom. The van der Waals surface area contributed by atoms with Crippen molar-refractivity contribution < 1.29 is 4.79 Å². The van der Waals surface area contributed by atoms with E-state index in [-0.39, 0.29) is 5.91 Å². The van der Waals surface area contributed by atoms with Crippen molar-refractivity contribution in [1.82, 2.24) is 14.9 Å². The molecule has 0 radical (unpaired) electrons. The molecule has 31 heavy (non-hydrogen) atoms. The molecule has 154 valence electrons. The Balaban J connectivity index is 1.43. The van der Waals surface area contributed by atoms with Gasteiger partial charge in [0.1, 0.15) is 11.0 Å². The number of hydrogen-bond acceptors (Lipinski definition) is 4. The van der Waals surface area contributed by atoms with E-state index in [0.717, 1.165) is 28.0 Å². The minimum Gasteiger partial charge on any atom is -0.353 e. The van der Waals surface area contributed by atoms with Crippen molar-refractivity contribution in [1.29, 1.82) is 0 Å². The molecule has 0 N–H and O–H groups in total. The SMILES string of the molecule is O=C(c1cc(-c2ccccc2)nc2ccccc12)N1CCN(c2cccc(Cl)n2)CC1. The van der Waals surface area contributed by atoms with Gasteiger partial charge in [0.25, 0.3) is 5.91 Å². The van der Waals surface area contributed by atoms with Crippen molar-refractivity contribution in [2.45, 2.75) is 0 Å². The van der Waals surface area contributed by atoms with Gasteiger partial charge < -0.3 is 9.80 Å². The molecule has 0 aliphatic carbocycles. The Hall–Kier alpha value is -3.44. The molecule has 6 heteroatoms. The van der Waals surface area contributed by atoms with Crippen LogP contribution in [0.5, 0.6) is 0 Å². The minimum absolute atomic E-state index is 0.0366. The van der Waals surface area contributed by atoms with E-state index in [0.29, 0.717) is 36.9 Å². The molecule has 1 fully saturated rings. The second-order valence-corrected chi connectivity index (χ2v) is 7.92. The molecular formula is C25H21ClN4O. The number of halogens is 1. The van der Waals surface area contributed by atoms with Crippen LogP contribution in [-0.2, 0) is 0 Å². The number of pyridine rings is 2. The van der Waals surface area contributed by atoms with Gasteiger partial charge in [-0.3, -0.25) is 4.79 Å². The number of aromatic nitrogens is 2. The van der Waals surface area contributed by atoms with E-state index in [4.69, 9.17) is 16.6 Å². The fourth-order valence-electron chi connectivity index (χ4n) is 3.99. The zero-order valence-electron chi connectivity index (χ0n) is 16.9. The van der Waals surface area contributed by atoms with E-state index in [9.17, 15) is 4.79 Å². The maximum atomic E-state index is 13.5. The number of carbonyl (C=O) groups excluding carboxylic acids is 1. The van der Waals surface area contributed by atoms with Gasteiger partial charge in [0, 0.05) is 37.1 Å². The largest absolute Gasteiger partial charge is 0.353 e. The maximum absolute atomic E-state index is 13.5. The van der Waals surface area contributed by atoms with Crippen molar-refractivity contribution >= 4 is 34.2 Å². The number of fused-ring (bicyclic) bond motifs is 1. The normalized spacial score (nSPS) is 14.1. The van der Waals surface area contributed by atoms with E-state index < -0.39 is 0 Å². The van der Waals surface area contributed by atoms with E-state index in [1.165, 1.54) is 0 Å². The second-order valence-electron chi connectivity index (χ2n) is 7.54. The highest BCUT2D eigenvalue weighted by molar-refractivity contribution is 6.29. The fourth-order valence-corrected chi connectivity index (χ4v) is 4.15. The predicted molar refractivity (Wildman–Crippen MR) is 125 cm³/mol. The van der Waals surface area contributed by atoms with Crippen LogP contribution in [0.2, 0.25) is 5.15 Å². The minimum atomic E-state index is 0.0366. The van der Waals surface area contributed by atoms with Crippen LogP contribution in [0.1, 0.15) is 10.4 Å². The highest BCUT2D eigenvalue weighted by atomic mass is 35.5. The standard InChI is InChI=1S/C25H21ClN4O/c26-23-11-6-12-24(28-23)29-13-15-30(16-14-29)25(31)20-17-22(18-7-2-1-3-8-18)27-21-10-5-4-9-19(20)21/h1-12,17H,13-16H2. The van der Waals surface area contributed by atoms with Gasteiger partial charge in [0.15, 0.2) is 0 Å². The lowest BCUT2D eigenvalue weighted by atomic mass is 10.0. The third kappa shape index (κ3) is 3.97. The molecule has 1 aliphatic heterocycles. The number of piperazine rings is 1. The summed E-state index contributed by atoms with van der Waals surface area (Å²) < 4.78 is 0. The third-order valence-electron chi connectivity index (χ3n) is 5.61. The number of nitrogens with zero attached hydrogens (tertiary/aromatic N) is 4. The zero-order chi connectivity index (χ0) is 21.2. The van der Waals surface area contributed by atoms with Crippen LogP contribution < -0.4 is 4.90 Å². The highest BCUT2D eigenvalue weighted by Crippen LogP contribution is 2.26. The molecule has 5 nitrogen and oxygen atoms in total. The number of anilines is 1. The molecule has 2 aromatic carbocycles. The molecular weight excluding hydrogens is 408 g/mol. The van der Waals surface area contributed by atoms with Gasteiger partial charge in [0.05, 0.1) is 16.8 Å². The molecule has 1 amide bonds. The first-order chi connectivity index (χ1) is 15.2. The maximum Gasteiger partial charge on any atom is 0.254 e. The summed E-state index contributed by atoms with van der Waals surface area (Å²) in [5.74, 6) is 0.884. The lowest BCUT2D eigenvalue weighted by Crippen LogP contribution is -2.49. The third-order valence-corrected chi connectivity index (χ3v) is 5.82. The molecule has 0 saturated carbocycles. The Morgan fingerprint density at radius 1 is 0.806 bits per heavy atom. The Labute approximate surface area is 185 Å². The van der Waals surface area contributed by atoms with Crippen LogP contribution in [0, 0.1) is 0 Å². The van der Waals surface area contributed by atoms with Gasteiger partial charge in [-0.25, -0.2) is 9.97 Å². The Bertz CT molecular complexity index is 1240. The molecule has 1 aliphatic rings. The predicted octanol–water partition coefficient (Wildman–Crippen LogP) is 4.91. The summed E-state index contributed by atoms with van der Waals surface area (Å²) in [5, 5.41) is 1.36. The molecule has 2 aromatic heterocycles. The van der Waals surface area contributed by atoms with Crippen molar-refractivity contribution in [3.8, 4) is 11.3 Å². The molecule has 0 bridgehead atoms. The van der Waals surface area contributed by atoms with Gasteiger partial charge >= 0.3 is 0 Å². The summed E-state index contributed by atoms with van der Waals surface area (Å²) in [4.78, 5) is 26.8. The molecule has 4 aromatic rings. The lowest BCUT2D eigenvalue weighted by Gasteiger charge is -2.35. The summed E-state index contributed by atoms with van der Waals surface area (Å²) in [6.07, 6.45) is 0. The fraction of sp³-hybridized carbons (Fsp3) is 0.160.